The summed E-state index contributed by atoms with van der Waals surface area (Å²) in [5.41, 5.74) is 6.58. The number of rotatable bonds is 4. The Morgan fingerprint density at radius 3 is 1.48 bits per heavy atom. The second-order valence-corrected chi connectivity index (χ2v) is 7.63. The Morgan fingerprint density at radius 1 is 0.636 bits per heavy atom. The maximum Gasteiger partial charge on any atom is 0.338 e. The molecular weight excluding hydrogens is 412 g/mol. The molecule has 4 rings (SSSR count). The van der Waals surface area contributed by atoms with Gasteiger partial charge in [0.05, 0.1) is 18.2 Å². The van der Waals surface area contributed by atoms with E-state index in [0.29, 0.717) is 11.1 Å². The van der Waals surface area contributed by atoms with E-state index >= 15 is 0 Å². The molecule has 0 bridgehead atoms. The molecule has 0 heterocycles. The topological polar surface area (TPSA) is 63.6 Å². The van der Waals surface area contributed by atoms with Crippen LogP contribution in [0.3, 0.4) is 0 Å². The van der Waals surface area contributed by atoms with Crippen LogP contribution in [0, 0.1) is 13.8 Å². The zero-order valence-corrected chi connectivity index (χ0v) is 18.9. The van der Waals surface area contributed by atoms with Crippen molar-refractivity contribution in [2.24, 2.45) is 0 Å². The molecule has 166 valence electrons. The summed E-state index contributed by atoms with van der Waals surface area (Å²) in [4.78, 5) is 22.9. The van der Waals surface area contributed by atoms with Crippen LogP contribution < -0.4 is 0 Å². The Morgan fingerprint density at radius 2 is 1.06 bits per heavy atom. The number of ether oxygens (including phenoxy) is 1. The maximum atomic E-state index is 11.7. The first-order valence-electron chi connectivity index (χ1n) is 10.5. The molecule has 0 aliphatic carbocycles. The number of carboxylic acid groups (broad SMARTS) is 1. The van der Waals surface area contributed by atoms with Gasteiger partial charge in [0.1, 0.15) is 0 Å². The average molecular weight is 439 g/mol. The van der Waals surface area contributed by atoms with E-state index in [4.69, 9.17) is 9.84 Å². The third-order valence-corrected chi connectivity index (χ3v) is 5.16. The zero-order valence-electron chi connectivity index (χ0n) is 18.9. The lowest BCUT2D eigenvalue weighted by molar-refractivity contribution is 0.0600. The van der Waals surface area contributed by atoms with Gasteiger partial charge in [-0.3, -0.25) is 0 Å². The quantitative estimate of drug-likeness (QED) is 0.356. The molecule has 0 spiro atoms. The molecule has 0 saturated carbocycles. The van der Waals surface area contributed by atoms with Crippen LogP contribution in [0.5, 0.6) is 0 Å². The molecule has 0 unspecified atom stereocenters. The van der Waals surface area contributed by atoms with Gasteiger partial charge in [0.2, 0.25) is 0 Å². The molecule has 1 N–H and O–H groups in total. The second kappa shape index (κ2) is 10.9. The fraction of sp³-hybridized carbons (Fsp3) is 0.103. The van der Waals surface area contributed by atoms with Crippen molar-refractivity contribution in [2.75, 3.05) is 7.11 Å². The second-order valence-electron chi connectivity index (χ2n) is 7.63. The van der Waals surface area contributed by atoms with Crippen LogP contribution in [0.2, 0.25) is 0 Å². The standard InChI is InChI=1S/C15H14O2.C14H12O2/c1-11-8-9-13(12-6-4-3-5-7-12)14(10-11)15(16)17-2;1-10-7-8-12(13(9-10)14(15)16)11-5-3-2-4-6-11/h3-10H,1-2H3;2-9H,1H3,(H,15,16). The molecule has 0 amide bonds. The molecule has 0 aliphatic rings. The number of carbonyl (C=O) groups is 2. The molecular formula is C29H26O4. The molecule has 33 heavy (non-hydrogen) atoms. The fourth-order valence-electron chi connectivity index (χ4n) is 3.51. The van der Waals surface area contributed by atoms with Crippen molar-refractivity contribution in [3.63, 3.8) is 0 Å². The lowest BCUT2D eigenvalue weighted by Crippen LogP contribution is -2.04. The smallest absolute Gasteiger partial charge is 0.338 e. The van der Waals surface area contributed by atoms with E-state index in [2.05, 4.69) is 0 Å². The molecule has 0 radical (unpaired) electrons. The minimum absolute atomic E-state index is 0.299. The Labute approximate surface area is 194 Å². The highest BCUT2D eigenvalue weighted by atomic mass is 16.5. The van der Waals surface area contributed by atoms with Gasteiger partial charge in [0, 0.05) is 0 Å². The van der Waals surface area contributed by atoms with E-state index in [1.54, 1.807) is 6.07 Å². The predicted molar refractivity (Wildman–Crippen MR) is 132 cm³/mol. The van der Waals surface area contributed by atoms with E-state index in [0.717, 1.165) is 33.4 Å². The maximum absolute atomic E-state index is 11.7. The number of hydrogen-bond donors (Lipinski definition) is 1. The fourth-order valence-corrected chi connectivity index (χ4v) is 3.51. The molecule has 0 aliphatic heterocycles. The van der Waals surface area contributed by atoms with E-state index < -0.39 is 5.97 Å². The molecule has 0 atom stereocenters. The molecule has 0 aromatic heterocycles. The largest absolute Gasteiger partial charge is 0.478 e. The van der Waals surface area contributed by atoms with Crippen molar-refractivity contribution in [1.82, 2.24) is 0 Å². The number of benzene rings is 4. The van der Waals surface area contributed by atoms with E-state index in [1.165, 1.54) is 7.11 Å². The summed E-state index contributed by atoms with van der Waals surface area (Å²) in [6.07, 6.45) is 0. The monoisotopic (exact) mass is 438 g/mol. The Hall–Kier alpha value is -4.18. The molecule has 0 fully saturated rings. The first-order chi connectivity index (χ1) is 15.9. The van der Waals surface area contributed by atoms with Gasteiger partial charge in [-0.2, -0.15) is 0 Å². The molecule has 4 aromatic rings. The Bertz CT molecular complexity index is 1250. The highest BCUT2D eigenvalue weighted by Crippen LogP contribution is 2.26. The minimum atomic E-state index is -0.887. The van der Waals surface area contributed by atoms with E-state index in [9.17, 15) is 9.59 Å². The minimum Gasteiger partial charge on any atom is -0.478 e. The molecule has 4 nitrogen and oxygen atoms in total. The average Bonchev–Trinajstić information content (AvgIpc) is 2.85. The number of aryl methyl sites for hydroxylation is 2. The van der Waals surface area contributed by atoms with Crippen LogP contribution in [-0.4, -0.2) is 24.2 Å². The van der Waals surface area contributed by atoms with Crippen LogP contribution in [0.4, 0.5) is 0 Å². The van der Waals surface area contributed by atoms with Crippen molar-refractivity contribution in [2.45, 2.75) is 13.8 Å². The highest BCUT2D eigenvalue weighted by Gasteiger charge is 2.13. The summed E-state index contributed by atoms with van der Waals surface area (Å²) in [7, 11) is 1.40. The van der Waals surface area contributed by atoms with Crippen molar-refractivity contribution in [1.29, 1.82) is 0 Å². The number of methoxy groups -OCH3 is 1. The summed E-state index contributed by atoms with van der Waals surface area (Å²) >= 11 is 0. The van der Waals surface area contributed by atoms with Gasteiger partial charge in [-0.25, -0.2) is 9.59 Å². The summed E-state index contributed by atoms with van der Waals surface area (Å²) in [5.74, 6) is -1.19. The SMILES string of the molecule is COC(=O)c1cc(C)ccc1-c1ccccc1.Cc1ccc(-c2ccccc2)c(C(=O)O)c1. The van der Waals surface area contributed by atoms with Gasteiger partial charge in [-0.1, -0.05) is 96.1 Å². The van der Waals surface area contributed by atoms with Gasteiger partial charge in [0.25, 0.3) is 0 Å². The molecule has 0 saturated heterocycles. The Kier molecular flexibility index (Phi) is 7.77. The van der Waals surface area contributed by atoms with Crippen LogP contribution in [0.15, 0.2) is 97.1 Å². The van der Waals surface area contributed by atoms with Crippen molar-refractivity contribution < 1.29 is 19.4 Å². The summed E-state index contributed by atoms with van der Waals surface area (Å²) in [6, 6.07) is 30.7. The van der Waals surface area contributed by atoms with Crippen LogP contribution in [0.25, 0.3) is 22.3 Å². The normalized spacial score (nSPS) is 10.0. The Balaban J connectivity index is 0.000000186. The number of hydrogen-bond acceptors (Lipinski definition) is 3. The van der Waals surface area contributed by atoms with Gasteiger partial charge in [-0.05, 0) is 48.2 Å². The third kappa shape index (κ3) is 5.95. The number of carbonyl (C=O) groups excluding carboxylic acids is 1. The van der Waals surface area contributed by atoms with Gasteiger partial charge in [-0.15, -0.1) is 0 Å². The van der Waals surface area contributed by atoms with Crippen LogP contribution in [-0.2, 0) is 4.74 Å². The summed E-state index contributed by atoms with van der Waals surface area (Å²) in [6.45, 7) is 3.85. The van der Waals surface area contributed by atoms with Crippen molar-refractivity contribution in [3.05, 3.63) is 119 Å². The van der Waals surface area contributed by atoms with Crippen LogP contribution >= 0.6 is 0 Å². The van der Waals surface area contributed by atoms with Crippen molar-refractivity contribution in [3.8, 4) is 22.3 Å². The summed E-state index contributed by atoms with van der Waals surface area (Å²) < 4.78 is 4.81. The van der Waals surface area contributed by atoms with Gasteiger partial charge in [0.15, 0.2) is 0 Å². The van der Waals surface area contributed by atoms with Gasteiger partial charge >= 0.3 is 11.9 Å². The summed E-state index contributed by atoms with van der Waals surface area (Å²) in [5, 5.41) is 9.15. The first-order valence-corrected chi connectivity index (χ1v) is 10.5. The third-order valence-electron chi connectivity index (χ3n) is 5.16. The van der Waals surface area contributed by atoms with E-state index in [-0.39, 0.29) is 5.97 Å². The van der Waals surface area contributed by atoms with Crippen LogP contribution in [0.1, 0.15) is 31.8 Å². The molecule has 4 aromatic carbocycles. The number of aromatic carboxylic acids is 1. The zero-order chi connectivity index (χ0) is 23.8. The van der Waals surface area contributed by atoms with Gasteiger partial charge < -0.3 is 9.84 Å². The molecule has 4 heteroatoms. The number of esters is 1. The van der Waals surface area contributed by atoms with E-state index in [1.807, 2.05) is 105 Å². The lowest BCUT2D eigenvalue weighted by atomic mass is 9.98. The predicted octanol–water partition coefficient (Wildman–Crippen LogP) is 6.81. The highest BCUT2D eigenvalue weighted by molar-refractivity contribution is 5.97. The first kappa shape index (κ1) is 23.5. The lowest BCUT2D eigenvalue weighted by Gasteiger charge is -2.09. The number of carboxylic acids is 1. The van der Waals surface area contributed by atoms with Crippen molar-refractivity contribution >= 4 is 11.9 Å².